The van der Waals surface area contributed by atoms with Crippen LogP contribution in [0.25, 0.3) is 22.0 Å². The molecule has 2 aliphatic carbocycles. The van der Waals surface area contributed by atoms with Gasteiger partial charge >= 0.3 is 6.03 Å². The maximum Gasteiger partial charge on any atom is 0.326 e. The number of nitrogen functional groups attached to an aromatic ring is 1. The Labute approximate surface area is 189 Å². The number of benzene rings is 1. The number of nitrogens with zero attached hydrogens (tertiary/aromatic N) is 3. The smallest absolute Gasteiger partial charge is 0.326 e. The Morgan fingerprint density at radius 2 is 2.06 bits per heavy atom. The van der Waals surface area contributed by atoms with Crippen molar-refractivity contribution < 1.29 is 13.7 Å². The molecule has 3 heterocycles. The molecule has 168 valence electrons. The van der Waals surface area contributed by atoms with Crippen molar-refractivity contribution in [1.29, 1.82) is 0 Å². The van der Waals surface area contributed by atoms with E-state index in [4.69, 9.17) is 10.3 Å². The van der Waals surface area contributed by atoms with Gasteiger partial charge in [0.2, 0.25) is 5.88 Å². The summed E-state index contributed by atoms with van der Waals surface area (Å²) in [6.45, 7) is 2.09. The Kier molecular flexibility index (Phi) is 4.23. The van der Waals surface area contributed by atoms with Crippen LogP contribution in [0.1, 0.15) is 44.3 Å². The molecule has 2 saturated carbocycles. The number of carbonyl (C=O) groups excluding carboxylic acids is 1. The minimum absolute atomic E-state index is 0.0311. The highest BCUT2D eigenvalue weighted by atomic mass is 19.1. The molecule has 2 amide bonds. The molecular weight excluding hydrogens is 423 g/mol. The van der Waals surface area contributed by atoms with E-state index in [0.29, 0.717) is 17.4 Å². The number of pyridine rings is 1. The van der Waals surface area contributed by atoms with Crippen LogP contribution in [0.15, 0.2) is 47.2 Å². The standard InChI is InChI=1S/C24H23FN6O2/c1-24(7-8-24)19-11-20(33-30-19)29-23(32)28-17-5-2-13(10-16(17)25)15-12-31(14-3-4-14)18-6-9-27-22(26)21(15)18/h2,5-6,9-12,14H,3-4,7-8H2,1H3,(H2,26,27)(H2,28,29,32). The Morgan fingerprint density at radius 3 is 2.79 bits per heavy atom. The number of rotatable bonds is 5. The minimum atomic E-state index is -0.607. The van der Waals surface area contributed by atoms with Gasteiger partial charge in [0.25, 0.3) is 0 Å². The van der Waals surface area contributed by atoms with Gasteiger partial charge in [0.1, 0.15) is 11.6 Å². The first kappa shape index (κ1) is 19.8. The van der Waals surface area contributed by atoms with Crippen LogP contribution in [0.4, 0.5) is 26.6 Å². The summed E-state index contributed by atoms with van der Waals surface area (Å²) in [5, 5.41) is 9.92. The number of fused-ring (bicyclic) bond motifs is 1. The van der Waals surface area contributed by atoms with Crippen molar-refractivity contribution in [3.05, 3.63) is 54.2 Å². The zero-order valence-corrected chi connectivity index (χ0v) is 18.1. The summed E-state index contributed by atoms with van der Waals surface area (Å²) in [4.78, 5) is 16.6. The summed E-state index contributed by atoms with van der Waals surface area (Å²) >= 11 is 0. The highest BCUT2D eigenvalue weighted by Gasteiger charge is 2.42. The fourth-order valence-electron chi connectivity index (χ4n) is 4.22. The molecular formula is C24H23FN6O2. The van der Waals surface area contributed by atoms with Crippen LogP contribution in [-0.4, -0.2) is 20.7 Å². The fourth-order valence-corrected chi connectivity index (χ4v) is 4.22. The predicted molar refractivity (Wildman–Crippen MR) is 124 cm³/mol. The molecule has 6 rings (SSSR count). The van der Waals surface area contributed by atoms with Crippen molar-refractivity contribution in [3.8, 4) is 11.1 Å². The summed E-state index contributed by atoms with van der Waals surface area (Å²) < 4.78 is 22.3. The van der Waals surface area contributed by atoms with Crippen molar-refractivity contribution in [1.82, 2.24) is 14.7 Å². The van der Waals surface area contributed by atoms with Crippen LogP contribution in [0.3, 0.4) is 0 Å². The molecule has 0 radical (unpaired) electrons. The molecule has 0 atom stereocenters. The molecule has 4 aromatic rings. The third kappa shape index (κ3) is 3.49. The zero-order valence-electron chi connectivity index (χ0n) is 18.1. The number of halogens is 1. The molecule has 9 heteroatoms. The average molecular weight is 446 g/mol. The lowest BCUT2D eigenvalue weighted by Gasteiger charge is -2.08. The maximum absolute atomic E-state index is 14.9. The number of hydrogen-bond acceptors (Lipinski definition) is 5. The lowest BCUT2D eigenvalue weighted by molar-refractivity contribution is 0.261. The van der Waals surface area contributed by atoms with Crippen LogP contribution in [0.5, 0.6) is 0 Å². The van der Waals surface area contributed by atoms with Crippen molar-refractivity contribution in [2.45, 2.75) is 44.1 Å². The SMILES string of the molecule is CC1(c2cc(NC(=O)Nc3ccc(-c4cn(C5CC5)c5ccnc(N)c45)cc3F)on2)CC1. The van der Waals surface area contributed by atoms with E-state index in [1.165, 1.54) is 12.1 Å². The van der Waals surface area contributed by atoms with E-state index in [1.54, 1.807) is 18.3 Å². The largest absolute Gasteiger partial charge is 0.383 e. The van der Waals surface area contributed by atoms with E-state index in [0.717, 1.165) is 47.8 Å². The van der Waals surface area contributed by atoms with E-state index in [-0.39, 0.29) is 17.0 Å². The van der Waals surface area contributed by atoms with Gasteiger partial charge in [-0.15, -0.1) is 0 Å². The summed E-state index contributed by atoms with van der Waals surface area (Å²) in [7, 11) is 0. The van der Waals surface area contributed by atoms with E-state index in [1.807, 2.05) is 12.3 Å². The molecule has 2 fully saturated rings. The van der Waals surface area contributed by atoms with Crippen LogP contribution in [-0.2, 0) is 5.41 Å². The number of aromatic nitrogens is 3. The fraction of sp³-hybridized carbons (Fsp3) is 0.292. The maximum atomic E-state index is 14.9. The van der Waals surface area contributed by atoms with Gasteiger partial charge in [-0.05, 0) is 49.4 Å². The second kappa shape index (κ2) is 7.06. The monoisotopic (exact) mass is 446 g/mol. The highest BCUT2D eigenvalue weighted by Crippen LogP contribution is 2.47. The van der Waals surface area contributed by atoms with E-state index >= 15 is 0 Å². The quantitative estimate of drug-likeness (QED) is 0.378. The lowest BCUT2D eigenvalue weighted by atomic mass is 10.0. The van der Waals surface area contributed by atoms with E-state index in [2.05, 4.69) is 32.3 Å². The predicted octanol–water partition coefficient (Wildman–Crippen LogP) is 5.44. The third-order valence-corrected chi connectivity index (χ3v) is 6.61. The van der Waals surface area contributed by atoms with Crippen LogP contribution >= 0.6 is 0 Å². The summed E-state index contributed by atoms with van der Waals surface area (Å²) in [6.07, 6.45) is 8.02. The van der Waals surface area contributed by atoms with Crippen LogP contribution in [0, 0.1) is 5.82 Å². The van der Waals surface area contributed by atoms with Crippen molar-refractivity contribution >= 4 is 34.3 Å². The van der Waals surface area contributed by atoms with Gasteiger partial charge in [0, 0.05) is 40.9 Å². The van der Waals surface area contributed by atoms with Crippen molar-refractivity contribution in [2.24, 2.45) is 0 Å². The second-order valence-electron chi connectivity index (χ2n) is 9.18. The zero-order chi connectivity index (χ0) is 22.7. The lowest BCUT2D eigenvalue weighted by Crippen LogP contribution is -2.19. The first-order chi connectivity index (χ1) is 15.9. The minimum Gasteiger partial charge on any atom is -0.383 e. The Morgan fingerprint density at radius 1 is 1.24 bits per heavy atom. The molecule has 3 aromatic heterocycles. The number of anilines is 3. The number of carbonyl (C=O) groups is 1. The van der Waals surface area contributed by atoms with Gasteiger partial charge in [-0.2, -0.15) is 0 Å². The van der Waals surface area contributed by atoms with Gasteiger partial charge in [0.05, 0.1) is 16.9 Å². The number of hydrogen-bond donors (Lipinski definition) is 3. The van der Waals surface area contributed by atoms with Crippen LogP contribution < -0.4 is 16.4 Å². The topological polar surface area (TPSA) is 111 Å². The normalized spacial score (nSPS) is 16.7. The number of amides is 2. The van der Waals surface area contributed by atoms with Crippen LogP contribution in [0.2, 0.25) is 0 Å². The summed E-state index contributed by atoms with van der Waals surface area (Å²) in [5.41, 5.74) is 9.55. The Bertz CT molecular complexity index is 1400. The molecule has 0 aliphatic heterocycles. The molecule has 8 nitrogen and oxygen atoms in total. The molecule has 33 heavy (non-hydrogen) atoms. The van der Waals surface area contributed by atoms with E-state index in [9.17, 15) is 9.18 Å². The van der Waals surface area contributed by atoms with Gasteiger partial charge in [-0.3, -0.25) is 5.32 Å². The third-order valence-electron chi connectivity index (χ3n) is 6.61. The molecule has 0 spiro atoms. The van der Waals surface area contributed by atoms with Gasteiger partial charge in [0.15, 0.2) is 0 Å². The summed E-state index contributed by atoms with van der Waals surface area (Å²) in [6, 6.07) is 8.17. The molecule has 0 saturated heterocycles. The average Bonchev–Trinajstić information content (AvgIpc) is 3.68. The van der Waals surface area contributed by atoms with Crippen molar-refractivity contribution in [2.75, 3.05) is 16.4 Å². The first-order valence-corrected chi connectivity index (χ1v) is 11.0. The Balaban J connectivity index is 1.24. The van der Waals surface area contributed by atoms with Crippen molar-refractivity contribution in [3.63, 3.8) is 0 Å². The Hall–Kier alpha value is -3.88. The van der Waals surface area contributed by atoms with E-state index < -0.39 is 11.8 Å². The molecule has 0 bridgehead atoms. The van der Waals surface area contributed by atoms with Gasteiger partial charge < -0.3 is 20.1 Å². The summed E-state index contributed by atoms with van der Waals surface area (Å²) in [5.74, 6) is 0.0834. The molecule has 1 aromatic carbocycles. The number of nitrogens with two attached hydrogens (primary N) is 1. The second-order valence-corrected chi connectivity index (χ2v) is 9.18. The van der Waals surface area contributed by atoms with Gasteiger partial charge in [-0.25, -0.2) is 14.2 Å². The molecule has 2 aliphatic rings. The first-order valence-electron chi connectivity index (χ1n) is 11.0. The number of urea groups is 1. The molecule has 0 unspecified atom stereocenters. The molecule has 4 N–H and O–H groups in total. The van der Waals surface area contributed by atoms with Gasteiger partial charge in [-0.1, -0.05) is 18.1 Å². The highest BCUT2D eigenvalue weighted by molar-refractivity contribution is 6.03. The number of nitrogens with one attached hydrogen (secondary N) is 2.